The van der Waals surface area contributed by atoms with Crippen LogP contribution in [0.4, 0.5) is 8.78 Å². The fourth-order valence-electron chi connectivity index (χ4n) is 1.78. The Hall–Kier alpha value is -1.49. The molecule has 0 fully saturated rings. The second kappa shape index (κ2) is 7.19. The first kappa shape index (κ1) is 15.6. The molecule has 0 bridgehead atoms. The molecule has 0 saturated carbocycles. The van der Waals surface area contributed by atoms with Gasteiger partial charge in [-0.05, 0) is 24.1 Å². The molecule has 106 valence electrons. The minimum absolute atomic E-state index is 0.0454. The van der Waals surface area contributed by atoms with E-state index in [1.807, 2.05) is 13.8 Å². The molecule has 5 heteroatoms. The van der Waals surface area contributed by atoms with Crippen LogP contribution < -0.4 is 5.32 Å². The number of carbonyl (C=O) groups excluding carboxylic acids is 1. The van der Waals surface area contributed by atoms with Crippen LogP contribution in [0.15, 0.2) is 18.2 Å². The van der Waals surface area contributed by atoms with Gasteiger partial charge in [-0.25, -0.2) is 8.78 Å². The normalized spacial score (nSPS) is 13.9. The molecule has 0 spiro atoms. The van der Waals surface area contributed by atoms with Gasteiger partial charge in [0.2, 0.25) is 0 Å². The second-order valence-corrected chi connectivity index (χ2v) is 4.50. The van der Waals surface area contributed by atoms with Crippen LogP contribution in [0.2, 0.25) is 0 Å². The lowest BCUT2D eigenvalue weighted by Gasteiger charge is -2.22. The fourth-order valence-corrected chi connectivity index (χ4v) is 1.78. The van der Waals surface area contributed by atoms with E-state index in [2.05, 4.69) is 5.32 Å². The summed E-state index contributed by atoms with van der Waals surface area (Å²) in [6.45, 7) is 3.93. The third-order valence-corrected chi connectivity index (χ3v) is 3.19. The maximum absolute atomic E-state index is 13.5. The number of hydrogen-bond acceptors (Lipinski definition) is 3. The van der Waals surface area contributed by atoms with Crippen LogP contribution in [0.25, 0.3) is 0 Å². The van der Waals surface area contributed by atoms with Crippen LogP contribution in [0, 0.1) is 17.6 Å². The number of ether oxygens (including phenoxy) is 1. The van der Waals surface area contributed by atoms with E-state index in [9.17, 15) is 13.6 Å². The number of rotatable bonds is 6. The summed E-state index contributed by atoms with van der Waals surface area (Å²) in [7, 11) is 1.31. The summed E-state index contributed by atoms with van der Waals surface area (Å²) in [5.41, 5.74) is 0.192. The molecule has 1 aromatic carbocycles. The Morgan fingerprint density at radius 1 is 1.42 bits per heavy atom. The summed E-state index contributed by atoms with van der Waals surface area (Å²) < 4.78 is 31.2. The molecule has 3 nitrogen and oxygen atoms in total. The average Bonchev–Trinajstić information content (AvgIpc) is 2.41. The largest absolute Gasteiger partial charge is 0.468 e. The number of carbonyl (C=O) groups is 1. The van der Waals surface area contributed by atoms with Crippen molar-refractivity contribution < 1.29 is 18.3 Å². The minimum Gasteiger partial charge on any atom is -0.468 e. The summed E-state index contributed by atoms with van der Waals surface area (Å²) in [6.07, 6.45) is 0.776. The van der Waals surface area contributed by atoms with Crippen LogP contribution in [0.1, 0.15) is 25.8 Å². The van der Waals surface area contributed by atoms with E-state index in [1.165, 1.54) is 7.11 Å². The minimum atomic E-state index is -0.530. The van der Waals surface area contributed by atoms with Gasteiger partial charge in [-0.15, -0.1) is 0 Å². The van der Waals surface area contributed by atoms with E-state index in [-0.39, 0.29) is 18.0 Å². The number of benzene rings is 1. The average molecular weight is 271 g/mol. The first-order valence-corrected chi connectivity index (χ1v) is 6.24. The van der Waals surface area contributed by atoms with Gasteiger partial charge in [0, 0.05) is 12.1 Å². The molecule has 2 atom stereocenters. The Morgan fingerprint density at radius 3 is 2.68 bits per heavy atom. The quantitative estimate of drug-likeness (QED) is 0.808. The molecule has 19 heavy (non-hydrogen) atoms. The van der Waals surface area contributed by atoms with Gasteiger partial charge >= 0.3 is 5.97 Å². The monoisotopic (exact) mass is 271 g/mol. The van der Waals surface area contributed by atoms with Gasteiger partial charge in [0.1, 0.15) is 17.7 Å². The molecule has 1 aromatic rings. The van der Waals surface area contributed by atoms with Crippen molar-refractivity contribution in [2.45, 2.75) is 32.9 Å². The Labute approximate surface area is 112 Å². The van der Waals surface area contributed by atoms with Crippen molar-refractivity contribution in [3.63, 3.8) is 0 Å². The topological polar surface area (TPSA) is 38.3 Å². The predicted molar refractivity (Wildman–Crippen MR) is 68.5 cm³/mol. The molecule has 0 aromatic heterocycles. The van der Waals surface area contributed by atoms with Crippen molar-refractivity contribution in [3.05, 3.63) is 35.4 Å². The van der Waals surface area contributed by atoms with E-state index >= 15 is 0 Å². The van der Waals surface area contributed by atoms with Gasteiger partial charge in [0.25, 0.3) is 0 Å². The van der Waals surface area contributed by atoms with Crippen molar-refractivity contribution in [3.8, 4) is 0 Å². The van der Waals surface area contributed by atoms with Gasteiger partial charge in [0.15, 0.2) is 0 Å². The Balaban J connectivity index is 2.75. The number of esters is 1. The van der Waals surface area contributed by atoms with Crippen molar-refractivity contribution in [2.24, 2.45) is 5.92 Å². The third kappa shape index (κ3) is 4.28. The Morgan fingerprint density at radius 2 is 2.11 bits per heavy atom. The molecule has 0 radical (unpaired) electrons. The van der Waals surface area contributed by atoms with E-state index in [0.717, 1.165) is 24.6 Å². The molecule has 0 heterocycles. The van der Waals surface area contributed by atoms with Gasteiger partial charge in [0.05, 0.1) is 7.11 Å². The zero-order valence-corrected chi connectivity index (χ0v) is 11.4. The van der Waals surface area contributed by atoms with E-state index in [4.69, 9.17) is 4.74 Å². The molecule has 0 aliphatic carbocycles. The number of hydrogen-bond donors (Lipinski definition) is 1. The second-order valence-electron chi connectivity index (χ2n) is 4.50. The lowest BCUT2D eigenvalue weighted by molar-refractivity contribution is -0.144. The molecule has 0 aliphatic rings. The first-order valence-electron chi connectivity index (χ1n) is 6.24. The highest BCUT2D eigenvalue weighted by molar-refractivity contribution is 5.75. The highest BCUT2D eigenvalue weighted by Gasteiger charge is 2.24. The summed E-state index contributed by atoms with van der Waals surface area (Å²) in [5.74, 6) is -1.35. The lowest BCUT2D eigenvalue weighted by Crippen LogP contribution is -2.42. The molecule has 0 aliphatic heterocycles. The SMILES string of the molecule is CCC(C)C(NCc1cc(F)ccc1F)C(=O)OC. The fraction of sp³-hybridized carbons (Fsp3) is 0.500. The van der Waals surface area contributed by atoms with Gasteiger partial charge in [-0.2, -0.15) is 0 Å². The van der Waals surface area contributed by atoms with Crippen LogP contribution in [-0.4, -0.2) is 19.1 Å². The molecule has 1 rings (SSSR count). The lowest BCUT2D eigenvalue weighted by atomic mass is 9.99. The standard InChI is InChI=1S/C14H19F2NO2/c1-4-9(2)13(14(18)19-3)17-8-10-7-11(15)5-6-12(10)16/h5-7,9,13,17H,4,8H2,1-3H3. The third-order valence-electron chi connectivity index (χ3n) is 3.19. The zero-order chi connectivity index (χ0) is 14.4. The van der Waals surface area contributed by atoms with Crippen molar-refractivity contribution in [1.82, 2.24) is 5.32 Å². The van der Waals surface area contributed by atoms with Gasteiger partial charge < -0.3 is 4.74 Å². The summed E-state index contributed by atoms with van der Waals surface area (Å²) in [6, 6.07) is 2.72. The zero-order valence-electron chi connectivity index (χ0n) is 11.4. The smallest absolute Gasteiger partial charge is 0.323 e. The van der Waals surface area contributed by atoms with Crippen LogP contribution in [0.5, 0.6) is 0 Å². The maximum atomic E-state index is 13.5. The van der Waals surface area contributed by atoms with Crippen LogP contribution in [-0.2, 0) is 16.1 Å². The molecule has 0 saturated heterocycles. The van der Waals surface area contributed by atoms with Crippen LogP contribution >= 0.6 is 0 Å². The number of methoxy groups -OCH3 is 1. The molecule has 0 amide bonds. The first-order chi connectivity index (χ1) is 8.99. The maximum Gasteiger partial charge on any atom is 0.323 e. The van der Waals surface area contributed by atoms with Gasteiger partial charge in [-0.3, -0.25) is 10.1 Å². The molecule has 2 unspecified atom stereocenters. The Bertz CT molecular complexity index is 437. The van der Waals surface area contributed by atoms with Crippen molar-refractivity contribution in [1.29, 1.82) is 0 Å². The van der Waals surface area contributed by atoms with E-state index in [0.29, 0.717) is 0 Å². The Kier molecular flexibility index (Phi) is 5.89. The van der Waals surface area contributed by atoms with Crippen molar-refractivity contribution >= 4 is 5.97 Å². The molecular formula is C14H19F2NO2. The summed E-state index contributed by atoms with van der Waals surface area (Å²) in [4.78, 5) is 11.6. The predicted octanol–water partition coefficient (Wildman–Crippen LogP) is 2.64. The van der Waals surface area contributed by atoms with Gasteiger partial charge in [-0.1, -0.05) is 20.3 Å². The molecule has 1 N–H and O–H groups in total. The van der Waals surface area contributed by atoms with E-state index < -0.39 is 23.6 Å². The van der Waals surface area contributed by atoms with Crippen molar-refractivity contribution in [2.75, 3.05) is 7.11 Å². The summed E-state index contributed by atoms with van der Waals surface area (Å²) >= 11 is 0. The number of halogens is 2. The summed E-state index contributed by atoms with van der Waals surface area (Å²) in [5, 5.41) is 2.92. The highest BCUT2D eigenvalue weighted by Crippen LogP contribution is 2.13. The highest BCUT2D eigenvalue weighted by atomic mass is 19.1. The van der Waals surface area contributed by atoms with E-state index in [1.54, 1.807) is 0 Å². The molecular weight excluding hydrogens is 252 g/mol. The van der Waals surface area contributed by atoms with Crippen LogP contribution in [0.3, 0.4) is 0 Å². The number of nitrogens with one attached hydrogen (secondary N) is 1.